The molecule has 6 heteroatoms. The van der Waals surface area contributed by atoms with Crippen LogP contribution in [0.25, 0.3) is 0 Å². The number of hydrogen-bond donors (Lipinski definition) is 0. The number of hydrogen-bond acceptors (Lipinski definition) is 3. The summed E-state index contributed by atoms with van der Waals surface area (Å²) in [5.41, 5.74) is 1.57. The first-order valence-electron chi connectivity index (χ1n) is 6.47. The van der Waals surface area contributed by atoms with E-state index < -0.39 is 10.0 Å². The summed E-state index contributed by atoms with van der Waals surface area (Å²) in [4.78, 5) is 0.356. The minimum Gasteiger partial charge on any atom is -0.207 e. The van der Waals surface area contributed by atoms with E-state index in [0.717, 1.165) is 23.3 Å². The van der Waals surface area contributed by atoms with E-state index in [9.17, 15) is 8.42 Å². The molecule has 0 saturated heterocycles. The Morgan fingerprint density at radius 1 is 1.40 bits per heavy atom. The Labute approximate surface area is 131 Å². The fraction of sp³-hybridized carbons (Fsp3) is 0.571. The monoisotopic (exact) mass is 335 g/mol. The summed E-state index contributed by atoms with van der Waals surface area (Å²) in [7, 11) is -1.82. The van der Waals surface area contributed by atoms with Gasteiger partial charge in [0.25, 0.3) is 0 Å². The second kappa shape index (κ2) is 7.69. The molecule has 0 aliphatic rings. The zero-order chi connectivity index (χ0) is 15.3. The van der Waals surface area contributed by atoms with E-state index in [1.165, 1.54) is 4.31 Å². The summed E-state index contributed by atoms with van der Waals surface area (Å²) >= 11 is 7.52. The molecule has 114 valence electrons. The molecule has 0 bridgehead atoms. The Morgan fingerprint density at radius 2 is 2.05 bits per heavy atom. The molecule has 0 heterocycles. The van der Waals surface area contributed by atoms with Gasteiger partial charge in [0.2, 0.25) is 10.0 Å². The highest BCUT2D eigenvalue weighted by molar-refractivity contribution is 7.98. The van der Waals surface area contributed by atoms with Crippen molar-refractivity contribution in [2.75, 3.05) is 19.1 Å². The Balaban J connectivity index is 3.09. The first-order valence-corrected chi connectivity index (χ1v) is 9.84. The first-order chi connectivity index (χ1) is 9.34. The molecule has 1 rings (SSSR count). The number of benzene rings is 1. The third kappa shape index (κ3) is 4.13. The Hall–Kier alpha value is -0.230. The third-order valence-corrected chi connectivity index (χ3v) is 6.49. The van der Waals surface area contributed by atoms with Crippen LogP contribution in [0, 0.1) is 6.92 Å². The average Bonchev–Trinajstić information content (AvgIpc) is 2.44. The molecule has 0 aliphatic heterocycles. The number of rotatable bonds is 7. The lowest BCUT2D eigenvalue weighted by Crippen LogP contribution is -2.35. The number of alkyl halides is 1. The third-order valence-electron chi connectivity index (χ3n) is 3.42. The lowest BCUT2D eigenvalue weighted by Gasteiger charge is -2.25. The van der Waals surface area contributed by atoms with Crippen LogP contribution in [0.2, 0.25) is 0 Å². The first kappa shape index (κ1) is 17.8. The lowest BCUT2D eigenvalue weighted by molar-refractivity contribution is 0.382. The predicted molar refractivity (Wildman–Crippen MR) is 88.1 cm³/mol. The van der Waals surface area contributed by atoms with Crippen molar-refractivity contribution in [2.24, 2.45) is 0 Å². The highest BCUT2D eigenvalue weighted by atomic mass is 35.5. The smallest absolute Gasteiger partial charge is 0.207 e. The molecule has 0 saturated carbocycles. The number of thioether (sulfide) groups is 1. The summed E-state index contributed by atoms with van der Waals surface area (Å²) < 4.78 is 26.9. The van der Waals surface area contributed by atoms with Gasteiger partial charge in [-0.15, -0.1) is 11.6 Å². The van der Waals surface area contributed by atoms with Gasteiger partial charge in [0.05, 0.1) is 4.90 Å². The molecule has 0 fully saturated rings. The van der Waals surface area contributed by atoms with E-state index in [4.69, 9.17) is 11.6 Å². The molecular formula is C14H22ClNO2S2. The van der Waals surface area contributed by atoms with Gasteiger partial charge in [0, 0.05) is 19.0 Å². The molecule has 0 radical (unpaired) electrons. The maximum atomic E-state index is 12.7. The van der Waals surface area contributed by atoms with Crippen molar-refractivity contribution in [3.05, 3.63) is 29.3 Å². The van der Waals surface area contributed by atoms with Gasteiger partial charge in [-0.3, -0.25) is 0 Å². The Kier molecular flexibility index (Phi) is 6.85. The van der Waals surface area contributed by atoms with Gasteiger partial charge >= 0.3 is 0 Å². The van der Waals surface area contributed by atoms with Gasteiger partial charge in [-0.1, -0.05) is 12.1 Å². The highest BCUT2D eigenvalue weighted by Gasteiger charge is 2.26. The van der Waals surface area contributed by atoms with E-state index >= 15 is 0 Å². The molecule has 0 aliphatic carbocycles. The number of halogens is 1. The van der Waals surface area contributed by atoms with Crippen molar-refractivity contribution < 1.29 is 8.42 Å². The van der Waals surface area contributed by atoms with Crippen molar-refractivity contribution >= 4 is 33.4 Å². The second-order valence-corrected chi connectivity index (χ2v) is 8.10. The molecule has 1 aromatic rings. The molecule has 3 nitrogen and oxygen atoms in total. The van der Waals surface area contributed by atoms with Crippen molar-refractivity contribution in [2.45, 2.75) is 37.1 Å². The fourth-order valence-corrected chi connectivity index (χ4v) is 4.28. The number of nitrogens with zero attached hydrogens (tertiary/aromatic N) is 1. The van der Waals surface area contributed by atoms with E-state index in [1.54, 1.807) is 24.9 Å². The van der Waals surface area contributed by atoms with Crippen LogP contribution in [-0.4, -0.2) is 37.8 Å². The molecule has 0 amide bonds. The number of sulfonamides is 1. The summed E-state index contributed by atoms with van der Waals surface area (Å²) in [6.45, 7) is 3.75. The van der Waals surface area contributed by atoms with Gasteiger partial charge in [0.1, 0.15) is 0 Å². The predicted octanol–water partition coefficient (Wildman–Crippen LogP) is 3.50. The zero-order valence-corrected chi connectivity index (χ0v) is 14.8. The quantitative estimate of drug-likeness (QED) is 0.716. The molecule has 1 atom stereocenters. The summed E-state index contributed by atoms with van der Waals surface area (Å²) in [6, 6.07) is 5.32. The van der Waals surface area contributed by atoms with Crippen molar-refractivity contribution in [1.82, 2.24) is 4.31 Å². The molecule has 0 aromatic heterocycles. The van der Waals surface area contributed by atoms with Crippen molar-refractivity contribution in [3.63, 3.8) is 0 Å². The maximum absolute atomic E-state index is 12.7. The van der Waals surface area contributed by atoms with Gasteiger partial charge in [-0.25, -0.2) is 8.42 Å². The van der Waals surface area contributed by atoms with Crippen molar-refractivity contribution in [3.8, 4) is 0 Å². The van der Waals surface area contributed by atoms with Crippen LogP contribution in [0.1, 0.15) is 24.5 Å². The maximum Gasteiger partial charge on any atom is 0.243 e. The van der Waals surface area contributed by atoms with Crippen LogP contribution < -0.4 is 0 Å². The van der Waals surface area contributed by atoms with E-state index in [1.807, 2.05) is 32.2 Å². The van der Waals surface area contributed by atoms with E-state index in [0.29, 0.717) is 10.8 Å². The highest BCUT2D eigenvalue weighted by Crippen LogP contribution is 2.23. The van der Waals surface area contributed by atoms with Crippen LogP contribution in [0.3, 0.4) is 0 Å². The van der Waals surface area contributed by atoms with Crippen molar-refractivity contribution in [1.29, 1.82) is 0 Å². The largest absolute Gasteiger partial charge is 0.243 e. The van der Waals surface area contributed by atoms with Crippen LogP contribution >= 0.6 is 23.4 Å². The van der Waals surface area contributed by atoms with Gasteiger partial charge in [0.15, 0.2) is 0 Å². The van der Waals surface area contributed by atoms with E-state index in [-0.39, 0.29) is 6.04 Å². The topological polar surface area (TPSA) is 37.4 Å². The molecule has 1 unspecified atom stereocenters. The van der Waals surface area contributed by atoms with Gasteiger partial charge in [-0.2, -0.15) is 16.1 Å². The van der Waals surface area contributed by atoms with E-state index in [2.05, 4.69) is 0 Å². The molecule has 20 heavy (non-hydrogen) atoms. The van der Waals surface area contributed by atoms with Gasteiger partial charge < -0.3 is 0 Å². The Bertz CT molecular complexity index is 546. The minimum absolute atomic E-state index is 0.0218. The lowest BCUT2D eigenvalue weighted by atomic mass is 10.2. The van der Waals surface area contributed by atoms with Crippen LogP contribution in [0.15, 0.2) is 23.1 Å². The second-order valence-electron chi connectivity index (χ2n) is 4.89. The molecule has 0 N–H and O–H groups in total. The summed E-state index contributed by atoms with van der Waals surface area (Å²) in [6.07, 6.45) is 2.86. The Morgan fingerprint density at radius 3 is 2.60 bits per heavy atom. The molecule has 1 aromatic carbocycles. The number of aryl methyl sites for hydroxylation is 1. The minimum atomic E-state index is -3.47. The molecular weight excluding hydrogens is 314 g/mol. The summed E-state index contributed by atoms with van der Waals surface area (Å²) in [5.74, 6) is 1.26. The molecule has 0 spiro atoms. The zero-order valence-electron chi connectivity index (χ0n) is 12.4. The van der Waals surface area contributed by atoms with Crippen LogP contribution in [-0.2, 0) is 15.9 Å². The van der Waals surface area contributed by atoms with Crippen LogP contribution in [0.4, 0.5) is 0 Å². The average molecular weight is 336 g/mol. The van der Waals surface area contributed by atoms with Gasteiger partial charge in [-0.05, 0) is 49.5 Å². The SMILES string of the molecule is CSCCC(C)N(C)S(=O)(=O)c1cc(CCl)ccc1C. The normalized spacial score (nSPS) is 13.7. The standard InChI is InChI=1S/C14H22ClNO2S2/c1-11-5-6-13(10-15)9-14(11)20(17,18)16(3)12(2)7-8-19-4/h5-6,9,12H,7-8,10H2,1-4H3. The summed E-state index contributed by atoms with van der Waals surface area (Å²) in [5, 5.41) is 0. The van der Waals surface area contributed by atoms with Crippen LogP contribution in [0.5, 0.6) is 0 Å². The fourth-order valence-electron chi connectivity index (χ4n) is 1.87.